The second-order valence-corrected chi connectivity index (χ2v) is 12.8. The number of aliphatic hydroxyl groups is 1. The van der Waals surface area contributed by atoms with Crippen LogP contribution in [0.3, 0.4) is 0 Å². The molecular weight excluding hydrogens is 575 g/mol. The first-order valence-electron chi connectivity index (χ1n) is 15.9. The molecule has 0 aliphatic heterocycles. The van der Waals surface area contributed by atoms with Gasteiger partial charge in [0, 0.05) is 6.42 Å². The monoisotopic (exact) mass is 634 g/mol. The molecule has 3 atom stereocenters. The van der Waals surface area contributed by atoms with Crippen LogP contribution in [0, 0.1) is 0 Å². The van der Waals surface area contributed by atoms with E-state index >= 15 is 0 Å². The molecule has 8 nitrogen and oxygen atoms in total. The fraction of sp³-hybridized carbons (Fsp3) is 0.571. The summed E-state index contributed by atoms with van der Waals surface area (Å²) in [6.45, 7) is 4.18. The molecule has 0 aromatic carbocycles. The number of aliphatic hydroxyl groups excluding tert-OH is 1. The third kappa shape index (κ3) is 28.5. The Bertz CT molecular complexity index is 992. The molecule has 0 aromatic rings. The lowest BCUT2D eigenvalue weighted by molar-refractivity contribution is -0.870. The predicted octanol–water partition coefficient (Wildman–Crippen LogP) is 6.87. The lowest BCUT2D eigenvalue weighted by Crippen LogP contribution is -2.45. The molecule has 250 valence electrons. The Morgan fingerprint density at radius 3 is 1.77 bits per heavy atom. The molecule has 0 aliphatic rings. The van der Waals surface area contributed by atoms with Gasteiger partial charge in [0.05, 0.1) is 39.9 Å². The number of nitrogens with zero attached hydrogens (tertiary/aromatic N) is 1. The molecule has 44 heavy (non-hydrogen) atoms. The van der Waals surface area contributed by atoms with Gasteiger partial charge >= 0.3 is 0 Å². The summed E-state index contributed by atoms with van der Waals surface area (Å²) in [4.78, 5) is 24.7. The zero-order chi connectivity index (χ0) is 32.9. The van der Waals surface area contributed by atoms with E-state index in [0.29, 0.717) is 17.4 Å². The number of carbonyl (C=O) groups is 1. The molecule has 0 rings (SSSR count). The average molecular weight is 635 g/mol. The molecule has 1 amide bonds. The van der Waals surface area contributed by atoms with Gasteiger partial charge in [-0.15, -0.1) is 0 Å². The van der Waals surface area contributed by atoms with Crippen LogP contribution in [0.15, 0.2) is 85.1 Å². The first kappa shape index (κ1) is 41.7. The average Bonchev–Trinajstić information content (AvgIpc) is 2.95. The van der Waals surface area contributed by atoms with E-state index in [4.69, 9.17) is 9.05 Å². The molecule has 0 aromatic heterocycles. The first-order valence-corrected chi connectivity index (χ1v) is 17.4. The number of nitrogens with one attached hydrogen (secondary N) is 1. The van der Waals surface area contributed by atoms with Gasteiger partial charge < -0.3 is 28.8 Å². The van der Waals surface area contributed by atoms with Gasteiger partial charge in [-0.2, -0.15) is 0 Å². The van der Waals surface area contributed by atoms with Crippen molar-refractivity contribution in [3.63, 3.8) is 0 Å². The molecule has 0 saturated heterocycles. The Morgan fingerprint density at radius 2 is 1.30 bits per heavy atom. The summed E-state index contributed by atoms with van der Waals surface area (Å²) < 4.78 is 22.7. The molecule has 2 N–H and O–H groups in total. The number of quaternary nitrogens is 1. The molecule has 0 bridgehead atoms. The fourth-order valence-corrected chi connectivity index (χ4v) is 4.25. The van der Waals surface area contributed by atoms with Crippen LogP contribution in [-0.2, 0) is 18.4 Å². The Morgan fingerprint density at radius 1 is 0.795 bits per heavy atom. The maximum Gasteiger partial charge on any atom is 0.268 e. The highest BCUT2D eigenvalue weighted by Gasteiger charge is 2.22. The van der Waals surface area contributed by atoms with Crippen molar-refractivity contribution in [1.82, 2.24) is 5.32 Å². The van der Waals surface area contributed by atoms with Gasteiger partial charge in [0.2, 0.25) is 5.91 Å². The highest BCUT2D eigenvalue weighted by Crippen LogP contribution is 2.38. The van der Waals surface area contributed by atoms with E-state index in [1.54, 1.807) is 12.2 Å². The lowest BCUT2D eigenvalue weighted by atomic mass is 10.1. The molecule has 9 heteroatoms. The summed E-state index contributed by atoms with van der Waals surface area (Å²) >= 11 is 0. The van der Waals surface area contributed by atoms with E-state index in [2.05, 4.69) is 73.0 Å². The normalized spacial score (nSPS) is 16.1. The highest BCUT2D eigenvalue weighted by atomic mass is 31.2. The number of rotatable bonds is 26. The van der Waals surface area contributed by atoms with Gasteiger partial charge in [-0.1, -0.05) is 105 Å². The van der Waals surface area contributed by atoms with Crippen molar-refractivity contribution in [2.24, 2.45) is 0 Å². The van der Waals surface area contributed by atoms with Gasteiger partial charge in [0.25, 0.3) is 7.82 Å². The molecule has 0 heterocycles. The Labute approximate surface area is 267 Å². The number of hydrogen-bond donors (Lipinski definition) is 2. The smallest absolute Gasteiger partial charge is 0.268 e. The zero-order valence-electron chi connectivity index (χ0n) is 27.8. The third-order valence-electron chi connectivity index (χ3n) is 6.11. The number of likely N-dealkylation sites (N-methyl/N-ethyl adjacent to an activating group) is 1. The van der Waals surface area contributed by atoms with Crippen molar-refractivity contribution in [3.8, 4) is 0 Å². The van der Waals surface area contributed by atoms with Gasteiger partial charge in [-0.25, -0.2) is 0 Å². The van der Waals surface area contributed by atoms with Crippen molar-refractivity contribution in [2.75, 3.05) is 40.9 Å². The Kier molecular flexibility index (Phi) is 25.6. The summed E-state index contributed by atoms with van der Waals surface area (Å²) in [6, 6.07) is -0.926. The van der Waals surface area contributed by atoms with Crippen LogP contribution in [0.4, 0.5) is 0 Å². The summed E-state index contributed by atoms with van der Waals surface area (Å²) in [7, 11) is 1.18. The Balaban J connectivity index is 4.43. The molecule has 0 aliphatic carbocycles. The SMILES string of the molecule is CC/C=C\C/C=C\C/C=C\C/C=C\C/C=C\C/C=C\CCC(=O)NC(COP(=O)([O-])OCC[N+](C)(C)C)C(O)/C=C/CCC. The zero-order valence-corrected chi connectivity index (χ0v) is 28.7. The number of hydrogen-bond acceptors (Lipinski definition) is 6. The predicted molar refractivity (Wildman–Crippen MR) is 182 cm³/mol. The minimum Gasteiger partial charge on any atom is -0.756 e. The highest BCUT2D eigenvalue weighted by molar-refractivity contribution is 7.45. The van der Waals surface area contributed by atoms with Crippen molar-refractivity contribution in [2.45, 2.75) is 90.2 Å². The van der Waals surface area contributed by atoms with E-state index in [1.807, 2.05) is 40.2 Å². The third-order valence-corrected chi connectivity index (χ3v) is 7.07. The van der Waals surface area contributed by atoms with E-state index < -0.39 is 26.6 Å². The van der Waals surface area contributed by atoms with E-state index in [0.717, 1.165) is 51.4 Å². The second-order valence-electron chi connectivity index (χ2n) is 11.4. The van der Waals surface area contributed by atoms with Crippen LogP contribution < -0.4 is 10.2 Å². The molecule has 3 unspecified atom stereocenters. The topological polar surface area (TPSA) is 108 Å². The summed E-state index contributed by atoms with van der Waals surface area (Å²) in [5, 5.41) is 13.3. The minimum atomic E-state index is -4.58. The summed E-state index contributed by atoms with van der Waals surface area (Å²) in [5.74, 6) is -0.298. The van der Waals surface area contributed by atoms with Crippen molar-refractivity contribution >= 4 is 13.7 Å². The van der Waals surface area contributed by atoms with E-state index in [-0.39, 0.29) is 18.9 Å². The van der Waals surface area contributed by atoms with Crippen molar-refractivity contribution < 1.29 is 32.9 Å². The standard InChI is InChI=1S/C35H59N2O6P/c1-6-8-10-11-12-13-14-15-16-17-18-19-20-21-22-23-24-25-27-29-35(39)36-33(34(38)28-26-9-7-2)32-43-44(40,41)42-31-30-37(3,4)5/h8,10,12-13,15-16,18-19,21-22,24-26,28,33-34,38H,6-7,9,11,14,17,20,23,27,29-32H2,1-5H3,(H-,36,39,40,41)/b10-8-,13-12-,16-15-,19-18-,22-21-,25-24-,28-26+. The van der Waals surface area contributed by atoms with Gasteiger partial charge in [0.1, 0.15) is 13.2 Å². The van der Waals surface area contributed by atoms with Crippen LogP contribution >= 0.6 is 7.82 Å². The second kappa shape index (κ2) is 27.0. The maximum atomic E-state index is 12.5. The molecule has 0 radical (unpaired) electrons. The van der Waals surface area contributed by atoms with Crippen LogP contribution in [0.25, 0.3) is 0 Å². The number of amides is 1. The Hall–Kier alpha value is -2.32. The molecule has 0 spiro atoms. The first-order chi connectivity index (χ1) is 21.0. The number of carbonyl (C=O) groups excluding carboxylic acids is 1. The van der Waals surface area contributed by atoms with Crippen molar-refractivity contribution in [1.29, 1.82) is 0 Å². The minimum absolute atomic E-state index is 0.0216. The quantitative estimate of drug-likeness (QED) is 0.0611. The maximum absolute atomic E-state index is 12.5. The number of phosphoric acid groups is 1. The van der Waals surface area contributed by atoms with Crippen LogP contribution in [0.2, 0.25) is 0 Å². The number of phosphoric ester groups is 1. The fourth-order valence-electron chi connectivity index (χ4n) is 3.53. The van der Waals surface area contributed by atoms with Gasteiger partial charge in [-0.05, 0) is 51.4 Å². The molecule has 0 saturated carbocycles. The number of unbranched alkanes of at least 4 members (excludes halogenated alkanes) is 1. The lowest BCUT2D eigenvalue weighted by Gasteiger charge is -2.29. The largest absolute Gasteiger partial charge is 0.756 e. The summed E-state index contributed by atoms with van der Waals surface area (Å²) in [6.07, 6.45) is 35.9. The van der Waals surface area contributed by atoms with Crippen LogP contribution in [0.5, 0.6) is 0 Å². The van der Waals surface area contributed by atoms with Gasteiger partial charge in [0.15, 0.2) is 0 Å². The van der Waals surface area contributed by atoms with Crippen LogP contribution in [-0.4, -0.2) is 68.5 Å². The van der Waals surface area contributed by atoms with Crippen LogP contribution in [0.1, 0.15) is 78.1 Å². The molecular formula is C35H59N2O6P. The molecule has 0 fully saturated rings. The number of allylic oxidation sites excluding steroid dienone is 13. The van der Waals surface area contributed by atoms with Crippen molar-refractivity contribution in [3.05, 3.63) is 85.1 Å². The van der Waals surface area contributed by atoms with E-state index in [9.17, 15) is 19.4 Å². The van der Waals surface area contributed by atoms with E-state index in [1.165, 1.54) is 0 Å². The van der Waals surface area contributed by atoms with Gasteiger partial charge in [-0.3, -0.25) is 9.36 Å². The summed E-state index contributed by atoms with van der Waals surface area (Å²) in [5.41, 5.74) is 0.